The molecule has 0 saturated carbocycles. The standard InChI is InChI=1S/C13H15N3O2/c1-3-9-5-4-6-10(7-9)18-13-11(17-2)12(14)15-8-16-13/h4-8H,3H2,1-2H3,(H2,14,15,16). The van der Waals surface area contributed by atoms with Crippen LogP contribution in [-0.2, 0) is 6.42 Å². The molecule has 0 spiro atoms. The van der Waals surface area contributed by atoms with E-state index >= 15 is 0 Å². The molecule has 0 fully saturated rings. The van der Waals surface area contributed by atoms with Crippen molar-refractivity contribution >= 4 is 5.82 Å². The normalized spacial score (nSPS) is 10.1. The molecule has 0 atom stereocenters. The fourth-order valence-electron chi connectivity index (χ4n) is 1.58. The SMILES string of the molecule is CCc1cccc(Oc2ncnc(N)c2OC)c1. The van der Waals surface area contributed by atoms with Crippen LogP contribution < -0.4 is 15.2 Å². The summed E-state index contributed by atoms with van der Waals surface area (Å²) in [5.74, 6) is 1.62. The lowest BCUT2D eigenvalue weighted by Gasteiger charge is -2.10. The van der Waals surface area contributed by atoms with Crippen molar-refractivity contribution in [1.29, 1.82) is 0 Å². The molecule has 18 heavy (non-hydrogen) atoms. The van der Waals surface area contributed by atoms with E-state index in [-0.39, 0.29) is 5.82 Å². The fourth-order valence-corrected chi connectivity index (χ4v) is 1.58. The van der Waals surface area contributed by atoms with Gasteiger partial charge >= 0.3 is 0 Å². The highest BCUT2D eigenvalue weighted by Gasteiger charge is 2.11. The number of aromatic nitrogens is 2. The molecule has 2 rings (SSSR count). The highest BCUT2D eigenvalue weighted by molar-refractivity contribution is 5.52. The van der Waals surface area contributed by atoms with Crippen LogP contribution in [0.5, 0.6) is 17.4 Å². The van der Waals surface area contributed by atoms with Gasteiger partial charge in [-0.3, -0.25) is 0 Å². The number of hydrogen-bond donors (Lipinski definition) is 1. The van der Waals surface area contributed by atoms with Crippen molar-refractivity contribution in [2.24, 2.45) is 0 Å². The molecule has 0 unspecified atom stereocenters. The fraction of sp³-hybridized carbons (Fsp3) is 0.231. The summed E-state index contributed by atoms with van der Waals surface area (Å²) in [4.78, 5) is 7.87. The molecule has 2 N–H and O–H groups in total. The van der Waals surface area contributed by atoms with E-state index in [9.17, 15) is 0 Å². The van der Waals surface area contributed by atoms with Gasteiger partial charge in [-0.05, 0) is 24.1 Å². The van der Waals surface area contributed by atoms with E-state index in [1.165, 1.54) is 19.0 Å². The number of rotatable bonds is 4. The first-order valence-electron chi connectivity index (χ1n) is 5.65. The third kappa shape index (κ3) is 2.51. The van der Waals surface area contributed by atoms with E-state index < -0.39 is 0 Å². The first-order valence-corrected chi connectivity index (χ1v) is 5.65. The van der Waals surface area contributed by atoms with Crippen molar-refractivity contribution in [3.8, 4) is 17.4 Å². The predicted octanol–water partition coefficient (Wildman–Crippen LogP) is 2.42. The lowest BCUT2D eigenvalue weighted by atomic mass is 10.2. The second kappa shape index (κ2) is 5.35. The lowest BCUT2D eigenvalue weighted by Crippen LogP contribution is -2.00. The van der Waals surface area contributed by atoms with Crippen LogP contribution in [0.25, 0.3) is 0 Å². The average molecular weight is 245 g/mol. The summed E-state index contributed by atoms with van der Waals surface area (Å²) in [7, 11) is 1.50. The minimum atomic E-state index is 0.258. The summed E-state index contributed by atoms with van der Waals surface area (Å²) >= 11 is 0. The van der Waals surface area contributed by atoms with Gasteiger partial charge in [0, 0.05) is 0 Å². The molecule has 0 amide bonds. The number of nitrogen functional groups attached to an aromatic ring is 1. The average Bonchev–Trinajstić information content (AvgIpc) is 2.39. The molecule has 2 aromatic rings. The Bertz CT molecular complexity index is 544. The van der Waals surface area contributed by atoms with Crippen molar-refractivity contribution in [2.75, 3.05) is 12.8 Å². The molecule has 0 aliphatic carbocycles. The van der Waals surface area contributed by atoms with Gasteiger partial charge in [0.25, 0.3) is 5.88 Å². The summed E-state index contributed by atoms with van der Waals surface area (Å²) in [5.41, 5.74) is 6.87. The molecule has 1 aromatic carbocycles. The van der Waals surface area contributed by atoms with E-state index in [0.717, 1.165) is 6.42 Å². The van der Waals surface area contributed by atoms with Gasteiger partial charge in [0.15, 0.2) is 5.82 Å². The molecular weight excluding hydrogens is 230 g/mol. The number of nitrogens with two attached hydrogens (primary N) is 1. The van der Waals surface area contributed by atoms with Crippen molar-refractivity contribution in [2.45, 2.75) is 13.3 Å². The highest BCUT2D eigenvalue weighted by Crippen LogP contribution is 2.32. The summed E-state index contributed by atoms with van der Waals surface area (Å²) in [6.07, 6.45) is 2.29. The number of nitrogens with zero attached hydrogens (tertiary/aromatic N) is 2. The van der Waals surface area contributed by atoms with Crippen molar-refractivity contribution in [3.63, 3.8) is 0 Å². The van der Waals surface area contributed by atoms with Gasteiger partial charge < -0.3 is 15.2 Å². The number of aryl methyl sites for hydroxylation is 1. The van der Waals surface area contributed by atoms with E-state index in [1.54, 1.807) is 0 Å². The van der Waals surface area contributed by atoms with Crippen LogP contribution in [0.1, 0.15) is 12.5 Å². The maximum absolute atomic E-state index is 5.69. The van der Waals surface area contributed by atoms with Crippen LogP contribution in [0.3, 0.4) is 0 Å². The Balaban J connectivity index is 2.30. The Morgan fingerprint density at radius 2 is 2.11 bits per heavy atom. The first-order chi connectivity index (χ1) is 8.74. The third-order valence-corrected chi connectivity index (χ3v) is 2.52. The van der Waals surface area contributed by atoms with Crippen LogP contribution >= 0.6 is 0 Å². The minimum Gasteiger partial charge on any atom is -0.489 e. The Kier molecular flexibility index (Phi) is 3.62. The second-order valence-corrected chi connectivity index (χ2v) is 3.70. The maximum Gasteiger partial charge on any atom is 0.268 e. The van der Waals surface area contributed by atoms with Crippen LogP contribution in [0.15, 0.2) is 30.6 Å². The van der Waals surface area contributed by atoms with Gasteiger partial charge in [-0.1, -0.05) is 19.1 Å². The minimum absolute atomic E-state index is 0.258. The molecule has 1 heterocycles. The van der Waals surface area contributed by atoms with Crippen LogP contribution in [0.4, 0.5) is 5.82 Å². The van der Waals surface area contributed by atoms with Crippen LogP contribution in [-0.4, -0.2) is 17.1 Å². The number of hydrogen-bond acceptors (Lipinski definition) is 5. The molecule has 0 radical (unpaired) electrons. The zero-order valence-corrected chi connectivity index (χ0v) is 10.4. The molecule has 0 aliphatic heterocycles. The molecule has 0 saturated heterocycles. The monoisotopic (exact) mass is 245 g/mol. The Morgan fingerprint density at radius 1 is 1.28 bits per heavy atom. The molecule has 5 heteroatoms. The zero-order valence-electron chi connectivity index (χ0n) is 10.4. The van der Waals surface area contributed by atoms with Crippen LogP contribution in [0, 0.1) is 0 Å². The van der Waals surface area contributed by atoms with Crippen LogP contribution in [0.2, 0.25) is 0 Å². The molecule has 1 aromatic heterocycles. The number of benzene rings is 1. The van der Waals surface area contributed by atoms with E-state index in [4.69, 9.17) is 15.2 Å². The van der Waals surface area contributed by atoms with Crippen molar-refractivity contribution in [1.82, 2.24) is 9.97 Å². The maximum atomic E-state index is 5.69. The van der Waals surface area contributed by atoms with Gasteiger partial charge in [-0.2, -0.15) is 4.98 Å². The Morgan fingerprint density at radius 3 is 2.83 bits per heavy atom. The Hall–Kier alpha value is -2.30. The first kappa shape index (κ1) is 12.2. The van der Waals surface area contributed by atoms with Crippen molar-refractivity contribution in [3.05, 3.63) is 36.2 Å². The van der Waals surface area contributed by atoms with E-state index in [2.05, 4.69) is 16.9 Å². The summed E-state index contributed by atoms with van der Waals surface area (Å²) in [5, 5.41) is 0. The quantitative estimate of drug-likeness (QED) is 0.895. The molecule has 0 bridgehead atoms. The zero-order chi connectivity index (χ0) is 13.0. The van der Waals surface area contributed by atoms with E-state index in [0.29, 0.717) is 17.4 Å². The van der Waals surface area contributed by atoms with Gasteiger partial charge in [-0.15, -0.1) is 0 Å². The predicted molar refractivity (Wildman–Crippen MR) is 68.9 cm³/mol. The molecular formula is C13H15N3O2. The second-order valence-electron chi connectivity index (χ2n) is 3.70. The number of anilines is 1. The summed E-state index contributed by atoms with van der Waals surface area (Å²) < 4.78 is 10.8. The Labute approximate surface area is 106 Å². The topological polar surface area (TPSA) is 70.3 Å². The van der Waals surface area contributed by atoms with Crippen molar-refractivity contribution < 1.29 is 9.47 Å². The highest BCUT2D eigenvalue weighted by atomic mass is 16.5. The van der Waals surface area contributed by atoms with Gasteiger partial charge in [0.1, 0.15) is 12.1 Å². The number of ether oxygens (including phenoxy) is 2. The van der Waals surface area contributed by atoms with E-state index in [1.807, 2.05) is 24.3 Å². The molecule has 5 nitrogen and oxygen atoms in total. The number of methoxy groups -OCH3 is 1. The smallest absolute Gasteiger partial charge is 0.268 e. The largest absolute Gasteiger partial charge is 0.489 e. The summed E-state index contributed by atoms with van der Waals surface area (Å²) in [6.45, 7) is 2.09. The van der Waals surface area contributed by atoms with Gasteiger partial charge in [0.2, 0.25) is 5.75 Å². The lowest BCUT2D eigenvalue weighted by molar-refractivity contribution is 0.369. The third-order valence-electron chi connectivity index (χ3n) is 2.52. The van der Waals surface area contributed by atoms with Gasteiger partial charge in [0.05, 0.1) is 7.11 Å². The summed E-state index contributed by atoms with van der Waals surface area (Å²) in [6, 6.07) is 7.79. The molecule has 0 aliphatic rings. The molecule has 94 valence electrons. The van der Waals surface area contributed by atoms with Gasteiger partial charge in [-0.25, -0.2) is 4.98 Å².